The topological polar surface area (TPSA) is 113 Å². The maximum atomic E-state index is 13.1. The lowest BCUT2D eigenvalue weighted by molar-refractivity contribution is 0.0220. The molecule has 0 unspecified atom stereocenters. The fourth-order valence-corrected chi connectivity index (χ4v) is 7.70. The second kappa shape index (κ2) is 8.48. The molecule has 3 N–H and O–H groups in total. The van der Waals surface area contributed by atoms with Gasteiger partial charge in [0.1, 0.15) is 0 Å². The Morgan fingerprint density at radius 3 is 2.77 bits per heavy atom. The molecule has 8 nitrogen and oxygen atoms in total. The van der Waals surface area contributed by atoms with Gasteiger partial charge in [-0.2, -0.15) is 12.7 Å². The number of hydrogen-bond donors (Lipinski definition) is 2. The average molecular weight is 457 g/mol. The summed E-state index contributed by atoms with van der Waals surface area (Å²) >= 11 is 0. The molecule has 0 radical (unpaired) electrons. The lowest BCUT2D eigenvalue weighted by atomic mass is 9.77. The summed E-state index contributed by atoms with van der Waals surface area (Å²) in [5.74, 6) is 0.293. The zero-order valence-electron chi connectivity index (χ0n) is 17.5. The van der Waals surface area contributed by atoms with Crippen molar-refractivity contribution < 1.29 is 16.8 Å². The van der Waals surface area contributed by atoms with Gasteiger partial charge < -0.3 is 0 Å². The minimum absolute atomic E-state index is 0.0164. The van der Waals surface area contributed by atoms with E-state index in [0.29, 0.717) is 12.5 Å². The van der Waals surface area contributed by atoms with Gasteiger partial charge in [0.25, 0.3) is 10.2 Å². The average Bonchev–Trinajstić information content (AvgIpc) is 2.68. The van der Waals surface area contributed by atoms with E-state index in [2.05, 4.69) is 34.7 Å². The zero-order valence-corrected chi connectivity index (χ0v) is 19.1. The molecule has 3 aliphatic rings. The number of rotatable bonds is 6. The molecule has 0 amide bonds. The van der Waals surface area contributed by atoms with Crippen LogP contribution in [0.3, 0.4) is 0 Å². The van der Waals surface area contributed by atoms with Crippen molar-refractivity contribution in [3.8, 4) is 0 Å². The van der Waals surface area contributed by atoms with Gasteiger partial charge in [-0.05, 0) is 56.1 Å². The predicted molar refractivity (Wildman–Crippen MR) is 117 cm³/mol. The van der Waals surface area contributed by atoms with Crippen LogP contribution in [0.2, 0.25) is 0 Å². The van der Waals surface area contributed by atoms with Gasteiger partial charge in [-0.1, -0.05) is 23.8 Å². The summed E-state index contributed by atoms with van der Waals surface area (Å²) in [6.45, 7) is 4.68. The Hall–Kier alpha value is -1.04. The van der Waals surface area contributed by atoms with E-state index in [4.69, 9.17) is 5.14 Å². The van der Waals surface area contributed by atoms with Crippen LogP contribution in [0.4, 0.5) is 0 Å². The van der Waals surface area contributed by atoms with Crippen LogP contribution in [0.5, 0.6) is 0 Å². The van der Waals surface area contributed by atoms with Crippen LogP contribution in [0.15, 0.2) is 18.2 Å². The molecular formula is C20H32N4O4S2. The number of nitrogens with one attached hydrogen (secondary N) is 1. The van der Waals surface area contributed by atoms with Gasteiger partial charge in [-0.25, -0.2) is 18.3 Å². The van der Waals surface area contributed by atoms with Crippen molar-refractivity contribution in [1.82, 2.24) is 13.9 Å². The van der Waals surface area contributed by atoms with Crippen LogP contribution in [-0.4, -0.2) is 64.0 Å². The Bertz CT molecular complexity index is 996. The molecule has 1 aromatic rings. The molecule has 0 aromatic heterocycles. The number of nitrogens with two attached hydrogens (primary N) is 1. The van der Waals surface area contributed by atoms with Crippen molar-refractivity contribution in [2.45, 2.75) is 51.1 Å². The van der Waals surface area contributed by atoms with E-state index < -0.39 is 20.2 Å². The molecule has 10 heteroatoms. The monoisotopic (exact) mass is 456 g/mol. The maximum absolute atomic E-state index is 13.1. The molecule has 3 heterocycles. The summed E-state index contributed by atoms with van der Waals surface area (Å²) in [4.78, 5) is 2.55. The van der Waals surface area contributed by atoms with Crippen LogP contribution < -0.4 is 9.86 Å². The molecule has 3 atom stereocenters. The molecule has 2 saturated heterocycles. The van der Waals surface area contributed by atoms with Gasteiger partial charge in [0.05, 0.1) is 5.75 Å². The summed E-state index contributed by atoms with van der Waals surface area (Å²) in [5, 5.41) is 4.92. The summed E-state index contributed by atoms with van der Waals surface area (Å²) in [6.07, 6.45) is 4.04. The summed E-state index contributed by atoms with van der Waals surface area (Å²) in [7, 11) is -7.25. The maximum Gasteiger partial charge on any atom is 0.274 e. The molecule has 0 saturated carbocycles. The first-order valence-corrected chi connectivity index (χ1v) is 13.9. The first-order valence-electron chi connectivity index (χ1n) is 10.7. The van der Waals surface area contributed by atoms with Crippen molar-refractivity contribution in [3.63, 3.8) is 0 Å². The zero-order chi connectivity index (χ0) is 21.5. The largest absolute Gasteiger partial charge is 0.296 e. The van der Waals surface area contributed by atoms with E-state index in [-0.39, 0.29) is 30.8 Å². The number of hydrogen-bond acceptors (Lipinski definition) is 5. The van der Waals surface area contributed by atoms with Crippen molar-refractivity contribution >= 4 is 20.2 Å². The number of piperidine rings is 2. The van der Waals surface area contributed by atoms with Gasteiger partial charge in [0.15, 0.2) is 0 Å². The van der Waals surface area contributed by atoms with E-state index in [9.17, 15) is 16.8 Å². The third-order valence-electron chi connectivity index (χ3n) is 6.81. The standard InChI is InChI=1S/C20H32N4O4S2/c1-15-5-6-16-7-10-23-14-17-4-2-9-24(19(17)13-20(23)18(16)12-15)29(25,26)11-3-8-22-30(21,27)28/h5-6,12,17,19-20,22H,2-4,7-11,13-14H2,1H3,(H2,21,27,28)/t17-,19+,20-/m0/s1. The van der Waals surface area contributed by atoms with Crippen molar-refractivity contribution in [2.75, 3.05) is 31.9 Å². The minimum Gasteiger partial charge on any atom is -0.296 e. The van der Waals surface area contributed by atoms with Gasteiger partial charge in [-0.15, -0.1) is 0 Å². The quantitative estimate of drug-likeness (QED) is 0.618. The molecule has 0 spiro atoms. The molecule has 30 heavy (non-hydrogen) atoms. The number of nitrogens with zero attached hydrogens (tertiary/aromatic N) is 2. The Morgan fingerprint density at radius 2 is 2.00 bits per heavy atom. The highest BCUT2D eigenvalue weighted by atomic mass is 32.2. The molecule has 168 valence electrons. The highest BCUT2D eigenvalue weighted by Gasteiger charge is 2.45. The Kier molecular flexibility index (Phi) is 6.26. The van der Waals surface area contributed by atoms with E-state index in [1.165, 1.54) is 16.7 Å². The molecule has 0 aliphatic carbocycles. The highest BCUT2D eigenvalue weighted by molar-refractivity contribution is 7.89. The lowest BCUT2D eigenvalue weighted by Gasteiger charge is -2.51. The SMILES string of the molecule is Cc1ccc2c(c1)[C@@H]1C[C@@H]3[C@@H](CCCN3S(=O)(=O)CCCNS(N)(=O)=O)CN1CC2. The van der Waals surface area contributed by atoms with E-state index >= 15 is 0 Å². The van der Waals surface area contributed by atoms with Crippen LogP contribution in [0, 0.1) is 12.8 Å². The van der Waals surface area contributed by atoms with Crippen LogP contribution in [-0.2, 0) is 26.7 Å². The fraction of sp³-hybridized carbons (Fsp3) is 0.700. The second-order valence-electron chi connectivity index (χ2n) is 8.89. The second-order valence-corrected chi connectivity index (χ2v) is 12.3. The Morgan fingerprint density at radius 1 is 1.20 bits per heavy atom. The summed E-state index contributed by atoms with van der Waals surface area (Å²) in [6, 6.07) is 6.94. The normalized spacial score (nSPS) is 27.9. The smallest absolute Gasteiger partial charge is 0.274 e. The number of fused-ring (bicyclic) bond motifs is 4. The predicted octanol–water partition coefficient (Wildman–Crippen LogP) is 0.892. The van der Waals surface area contributed by atoms with E-state index in [0.717, 1.165) is 38.8 Å². The van der Waals surface area contributed by atoms with Gasteiger partial charge in [0, 0.05) is 38.3 Å². The van der Waals surface area contributed by atoms with Crippen LogP contribution >= 0.6 is 0 Å². The first kappa shape index (κ1) is 22.2. The third-order valence-corrected chi connectivity index (χ3v) is 9.39. The number of sulfonamides is 1. The summed E-state index contributed by atoms with van der Waals surface area (Å²) < 4.78 is 52.2. The van der Waals surface area contributed by atoms with Crippen molar-refractivity contribution in [1.29, 1.82) is 0 Å². The van der Waals surface area contributed by atoms with Crippen LogP contribution in [0.1, 0.15) is 48.4 Å². The molecule has 4 rings (SSSR count). The molecule has 3 aliphatic heterocycles. The van der Waals surface area contributed by atoms with E-state index in [1.54, 1.807) is 4.31 Å². The van der Waals surface area contributed by atoms with Gasteiger partial charge in [-0.3, -0.25) is 4.90 Å². The van der Waals surface area contributed by atoms with Gasteiger partial charge in [0.2, 0.25) is 10.0 Å². The van der Waals surface area contributed by atoms with Crippen LogP contribution in [0.25, 0.3) is 0 Å². The lowest BCUT2D eigenvalue weighted by Crippen LogP contribution is -2.57. The Labute approximate surface area is 180 Å². The fourth-order valence-electron chi connectivity index (χ4n) is 5.45. The summed E-state index contributed by atoms with van der Waals surface area (Å²) in [5.41, 5.74) is 3.99. The van der Waals surface area contributed by atoms with Crippen molar-refractivity contribution in [2.24, 2.45) is 11.1 Å². The van der Waals surface area contributed by atoms with Crippen molar-refractivity contribution in [3.05, 3.63) is 34.9 Å². The molecule has 2 fully saturated rings. The molecule has 1 aromatic carbocycles. The minimum atomic E-state index is -3.79. The van der Waals surface area contributed by atoms with E-state index in [1.807, 2.05) is 0 Å². The molecule has 0 bridgehead atoms. The highest BCUT2D eigenvalue weighted by Crippen LogP contribution is 2.43. The molecular weight excluding hydrogens is 424 g/mol. The first-order chi connectivity index (χ1) is 14.1. The van der Waals surface area contributed by atoms with Gasteiger partial charge >= 0.3 is 0 Å². The number of benzene rings is 1. The Balaban J connectivity index is 1.50. The number of aryl methyl sites for hydroxylation is 1. The third kappa shape index (κ3) is 4.73.